The lowest BCUT2D eigenvalue weighted by molar-refractivity contribution is -0.384. The van der Waals surface area contributed by atoms with Crippen LogP contribution >= 0.6 is 0 Å². The Kier molecular flexibility index (Phi) is 3.07. The molecule has 19 heavy (non-hydrogen) atoms. The van der Waals surface area contributed by atoms with Crippen molar-refractivity contribution in [3.05, 3.63) is 38.9 Å². The average Bonchev–Trinajstić information content (AvgIpc) is 2.62. The third-order valence-electron chi connectivity index (χ3n) is 2.72. The summed E-state index contributed by atoms with van der Waals surface area (Å²) in [6, 6.07) is 3.07. The van der Waals surface area contributed by atoms with Crippen molar-refractivity contribution in [1.82, 2.24) is 4.57 Å². The maximum absolute atomic E-state index is 11.7. The molecule has 0 aliphatic rings. The molecule has 1 heterocycles. The van der Waals surface area contributed by atoms with Gasteiger partial charge >= 0.3 is 11.7 Å². The van der Waals surface area contributed by atoms with Crippen LogP contribution in [0.25, 0.3) is 11.1 Å². The standard InChI is InChI=1S/C11H10N2O6/c1-6(4-10(14)15)12-8-5-7(13(17)18)2-3-9(8)19-11(12)16/h2-3,5-6H,4H2,1H3,(H,14,15). The Morgan fingerprint density at radius 2 is 2.26 bits per heavy atom. The second-order valence-corrected chi connectivity index (χ2v) is 4.09. The number of nitro benzene ring substituents is 1. The highest BCUT2D eigenvalue weighted by Crippen LogP contribution is 2.23. The molecule has 1 aromatic carbocycles. The molecule has 8 heteroatoms. The van der Waals surface area contributed by atoms with E-state index < -0.39 is 22.7 Å². The summed E-state index contributed by atoms with van der Waals surface area (Å²) in [4.78, 5) is 32.5. The van der Waals surface area contributed by atoms with E-state index in [0.29, 0.717) is 0 Å². The zero-order valence-electron chi connectivity index (χ0n) is 9.90. The van der Waals surface area contributed by atoms with Gasteiger partial charge in [-0.05, 0) is 13.0 Å². The van der Waals surface area contributed by atoms with Crippen LogP contribution in [-0.2, 0) is 4.79 Å². The molecule has 0 amide bonds. The molecule has 0 aliphatic carbocycles. The molecule has 2 aromatic rings. The first-order chi connectivity index (χ1) is 8.90. The number of carboxylic acids is 1. The van der Waals surface area contributed by atoms with Crippen LogP contribution in [0.2, 0.25) is 0 Å². The minimum absolute atomic E-state index is 0.188. The number of nitro groups is 1. The van der Waals surface area contributed by atoms with Gasteiger partial charge in [-0.1, -0.05) is 0 Å². The molecule has 0 saturated heterocycles. The van der Waals surface area contributed by atoms with Gasteiger partial charge in [0, 0.05) is 18.2 Å². The van der Waals surface area contributed by atoms with E-state index >= 15 is 0 Å². The second kappa shape index (κ2) is 4.56. The molecule has 1 aromatic heterocycles. The SMILES string of the molecule is CC(CC(=O)O)n1c(=O)oc2ccc([N+](=O)[O-])cc21. The molecule has 0 bridgehead atoms. The Balaban J connectivity index is 2.62. The number of fused-ring (bicyclic) bond motifs is 1. The van der Waals surface area contributed by atoms with Crippen molar-refractivity contribution >= 4 is 22.8 Å². The highest BCUT2D eigenvalue weighted by Gasteiger charge is 2.19. The van der Waals surface area contributed by atoms with Crippen molar-refractivity contribution in [2.75, 3.05) is 0 Å². The van der Waals surface area contributed by atoms with Crippen LogP contribution in [0, 0.1) is 10.1 Å². The summed E-state index contributed by atoms with van der Waals surface area (Å²) in [5, 5.41) is 19.4. The van der Waals surface area contributed by atoms with Gasteiger partial charge in [0.05, 0.1) is 16.9 Å². The molecule has 1 atom stereocenters. The first-order valence-corrected chi connectivity index (χ1v) is 5.41. The summed E-state index contributed by atoms with van der Waals surface area (Å²) in [6.45, 7) is 1.53. The van der Waals surface area contributed by atoms with Crippen molar-refractivity contribution in [3.8, 4) is 0 Å². The van der Waals surface area contributed by atoms with Crippen LogP contribution in [0.3, 0.4) is 0 Å². The maximum atomic E-state index is 11.7. The van der Waals surface area contributed by atoms with Gasteiger partial charge in [0.15, 0.2) is 5.58 Å². The number of carboxylic acid groups (broad SMARTS) is 1. The van der Waals surface area contributed by atoms with Gasteiger partial charge in [-0.15, -0.1) is 0 Å². The molecular formula is C11H10N2O6. The fraction of sp³-hybridized carbons (Fsp3) is 0.273. The van der Waals surface area contributed by atoms with E-state index in [1.165, 1.54) is 25.1 Å². The fourth-order valence-electron chi connectivity index (χ4n) is 1.90. The summed E-state index contributed by atoms with van der Waals surface area (Å²) < 4.78 is 6.04. The van der Waals surface area contributed by atoms with E-state index in [1.54, 1.807) is 0 Å². The lowest BCUT2D eigenvalue weighted by Gasteiger charge is -2.09. The third-order valence-corrected chi connectivity index (χ3v) is 2.72. The first-order valence-electron chi connectivity index (χ1n) is 5.41. The number of oxazole rings is 1. The Bertz CT molecular complexity index is 714. The number of non-ortho nitro benzene ring substituents is 1. The third kappa shape index (κ3) is 2.32. The Hall–Kier alpha value is -2.64. The van der Waals surface area contributed by atoms with Crippen molar-refractivity contribution in [1.29, 1.82) is 0 Å². The number of carbonyl (C=O) groups is 1. The van der Waals surface area contributed by atoms with Crippen molar-refractivity contribution in [2.24, 2.45) is 0 Å². The van der Waals surface area contributed by atoms with E-state index in [9.17, 15) is 19.7 Å². The molecule has 100 valence electrons. The van der Waals surface area contributed by atoms with Gasteiger partial charge in [-0.2, -0.15) is 0 Å². The predicted octanol–water partition coefficient (Wildman–Crippen LogP) is 1.54. The molecular weight excluding hydrogens is 256 g/mol. The highest BCUT2D eigenvalue weighted by atomic mass is 16.6. The number of aromatic nitrogens is 1. The zero-order valence-corrected chi connectivity index (χ0v) is 9.90. The summed E-state index contributed by atoms with van der Waals surface area (Å²) in [5.74, 6) is -1.80. The smallest absolute Gasteiger partial charge is 0.420 e. The molecule has 0 aliphatic heterocycles. The largest absolute Gasteiger partial charge is 0.481 e. The van der Waals surface area contributed by atoms with E-state index in [1.807, 2.05) is 0 Å². The molecule has 8 nitrogen and oxygen atoms in total. The number of nitrogens with zero attached hydrogens (tertiary/aromatic N) is 2. The number of hydrogen-bond donors (Lipinski definition) is 1. The number of benzene rings is 1. The van der Waals surface area contributed by atoms with E-state index in [0.717, 1.165) is 4.57 Å². The van der Waals surface area contributed by atoms with Gasteiger partial charge in [0.25, 0.3) is 5.69 Å². The minimum Gasteiger partial charge on any atom is -0.481 e. The van der Waals surface area contributed by atoms with Crippen LogP contribution in [0.4, 0.5) is 5.69 Å². The topological polar surface area (TPSA) is 116 Å². The van der Waals surface area contributed by atoms with E-state index in [4.69, 9.17) is 9.52 Å². The molecule has 0 radical (unpaired) electrons. The van der Waals surface area contributed by atoms with Crippen molar-refractivity contribution < 1.29 is 19.2 Å². The summed E-state index contributed by atoms with van der Waals surface area (Å²) in [5.41, 5.74) is 0.213. The highest BCUT2D eigenvalue weighted by molar-refractivity contribution is 5.76. The lowest BCUT2D eigenvalue weighted by atomic mass is 10.2. The van der Waals surface area contributed by atoms with E-state index in [2.05, 4.69) is 0 Å². The molecule has 1 N–H and O–H groups in total. The van der Waals surface area contributed by atoms with Crippen LogP contribution in [0.1, 0.15) is 19.4 Å². The first kappa shape index (κ1) is 12.8. The summed E-state index contributed by atoms with van der Waals surface area (Å²) in [7, 11) is 0. The maximum Gasteiger partial charge on any atom is 0.420 e. The normalized spacial score (nSPS) is 12.5. The van der Waals surface area contributed by atoms with Crippen molar-refractivity contribution in [3.63, 3.8) is 0 Å². The molecule has 0 saturated carbocycles. The number of aliphatic carboxylic acids is 1. The van der Waals surface area contributed by atoms with Gasteiger partial charge in [-0.3, -0.25) is 19.5 Å². The average molecular weight is 266 g/mol. The van der Waals surface area contributed by atoms with Crippen LogP contribution in [-0.4, -0.2) is 20.6 Å². The van der Waals surface area contributed by atoms with Gasteiger partial charge < -0.3 is 9.52 Å². The Morgan fingerprint density at radius 1 is 1.58 bits per heavy atom. The Morgan fingerprint density at radius 3 is 2.84 bits per heavy atom. The van der Waals surface area contributed by atoms with Crippen LogP contribution < -0.4 is 5.76 Å². The van der Waals surface area contributed by atoms with Gasteiger partial charge in [0.2, 0.25) is 0 Å². The fourth-order valence-corrected chi connectivity index (χ4v) is 1.90. The monoisotopic (exact) mass is 266 g/mol. The summed E-state index contributed by atoms with van der Waals surface area (Å²) in [6.07, 6.45) is -0.281. The molecule has 1 unspecified atom stereocenters. The lowest BCUT2D eigenvalue weighted by Crippen LogP contribution is -2.20. The summed E-state index contributed by atoms with van der Waals surface area (Å²) >= 11 is 0. The minimum atomic E-state index is -1.07. The predicted molar refractivity (Wildman–Crippen MR) is 64.1 cm³/mol. The quantitative estimate of drug-likeness (QED) is 0.662. The number of hydrogen-bond acceptors (Lipinski definition) is 5. The van der Waals surface area contributed by atoms with E-state index in [-0.39, 0.29) is 23.2 Å². The molecule has 2 rings (SSSR count). The zero-order chi connectivity index (χ0) is 14.2. The number of rotatable bonds is 4. The molecule has 0 spiro atoms. The van der Waals surface area contributed by atoms with Gasteiger partial charge in [0.1, 0.15) is 0 Å². The van der Waals surface area contributed by atoms with Crippen LogP contribution in [0.15, 0.2) is 27.4 Å². The molecule has 0 fully saturated rings. The van der Waals surface area contributed by atoms with Gasteiger partial charge in [-0.25, -0.2) is 4.79 Å². The van der Waals surface area contributed by atoms with Crippen LogP contribution in [0.5, 0.6) is 0 Å². The Labute approximate surface area is 106 Å². The second-order valence-electron chi connectivity index (χ2n) is 4.09. The van der Waals surface area contributed by atoms with Crippen molar-refractivity contribution in [2.45, 2.75) is 19.4 Å².